The van der Waals surface area contributed by atoms with Crippen LogP contribution >= 0.6 is 11.6 Å². The van der Waals surface area contributed by atoms with Gasteiger partial charge in [0.05, 0.1) is 5.02 Å². The number of hydrogen-bond donors (Lipinski definition) is 3. The lowest BCUT2D eigenvalue weighted by molar-refractivity contribution is 0.632. The number of halogens is 2. The highest BCUT2D eigenvalue weighted by Gasteiger charge is 2.13. The van der Waals surface area contributed by atoms with Crippen molar-refractivity contribution in [3.8, 4) is 11.1 Å². The predicted molar refractivity (Wildman–Crippen MR) is 85.7 cm³/mol. The van der Waals surface area contributed by atoms with Gasteiger partial charge in [0.1, 0.15) is 5.82 Å². The number of H-pyrrole nitrogens is 1. The minimum atomic E-state index is -0.428. The number of anilines is 3. The van der Waals surface area contributed by atoms with Gasteiger partial charge < -0.3 is 11.1 Å². The second-order valence-corrected chi connectivity index (χ2v) is 5.26. The molecule has 0 saturated carbocycles. The van der Waals surface area contributed by atoms with E-state index >= 15 is 0 Å². The maximum absolute atomic E-state index is 14.4. The minimum Gasteiger partial charge on any atom is -0.368 e. The van der Waals surface area contributed by atoms with E-state index in [2.05, 4.69) is 20.5 Å². The first-order valence-corrected chi connectivity index (χ1v) is 6.92. The van der Waals surface area contributed by atoms with Crippen LogP contribution in [0.5, 0.6) is 0 Å². The average Bonchev–Trinajstić information content (AvgIpc) is 2.85. The average molecular weight is 318 g/mol. The largest absolute Gasteiger partial charge is 0.368 e. The predicted octanol–water partition coefficient (Wildman–Crippen LogP) is 3.90. The van der Waals surface area contributed by atoms with Crippen molar-refractivity contribution in [2.75, 3.05) is 11.1 Å². The fourth-order valence-corrected chi connectivity index (χ4v) is 2.42. The summed E-state index contributed by atoms with van der Waals surface area (Å²) in [6.07, 6.45) is 0. The maximum Gasteiger partial charge on any atom is 0.248 e. The van der Waals surface area contributed by atoms with Gasteiger partial charge in [0.15, 0.2) is 0 Å². The summed E-state index contributed by atoms with van der Waals surface area (Å²) in [5.41, 5.74) is 8.06. The van der Waals surface area contributed by atoms with Crippen LogP contribution < -0.4 is 11.1 Å². The SMILES string of the molecule is Cc1ccc(-c2c(F)cc(Nc3n[nH]c(N)n3)cc2Cl)cc1. The molecule has 0 radical (unpaired) electrons. The second kappa shape index (κ2) is 5.65. The summed E-state index contributed by atoms with van der Waals surface area (Å²) in [6.45, 7) is 1.97. The highest BCUT2D eigenvalue weighted by atomic mass is 35.5. The van der Waals surface area contributed by atoms with E-state index in [-0.39, 0.29) is 11.9 Å². The Balaban J connectivity index is 1.95. The molecule has 0 aliphatic heterocycles. The monoisotopic (exact) mass is 317 g/mol. The van der Waals surface area contributed by atoms with Gasteiger partial charge in [-0.05, 0) is 24.6 Å². The van der Waals surface area contributed by atoms with Crippen molar-refractivity contribution in [2.45, 2.75) is 6.92 Å². The molecule has 1 aromatic heterocycles. The number of nitrogens with two attached hydrogens (primary N) is 1. The lowest BCUT2D eigenvalue weighted by atomic mass is 10.0. The van der Waals surface area contributed by atoms with E-state index in [4.69, 9.17) is 17.3 Å². The topological polar surface area (TPSA) is 79.6 Å². The molecule has 0 amide bonds. The molecule has 0 spiro atoms. The summed E-state index contributed by atoms with van der Waals surface area (Å²) < 4.78 is 14.4. The van der Waals surface area contributed by atoms with Crippen LogP contribution in [0.15, 0.2) is 36.4 Å². The van der Waals surface area contributed by atoms with Crippen LogP contribution in [-0.4, -0.2) is 15.2 Å². The molecule has 1 heterocycles. The molecular weight excluding hydrogens is 305 g/mol. The number of rotatable bonds is 3. The van der Waals surface area contributed by atoms with Gasteiger partial charge in [0.2, 0.25) is 11.9 Å². The van der Waals surface area contributed by atoms with Crippen molar-refractivity contribution in [1.29, 1.82) is 0 Å². The zero-order valence-electron chi connectivity index (χ0n) is 11.7. The second-order valence-electron chi connectivity index (χ2n) is 4.85. The van der Waals surface area contributed by atoms with Crippen molar-refractivity contribution in [3.05, 3.63) is 52.8 Å². The Morgan fingerprint density at radius 3 is 2.55 bits per heavy atom. The number of benzene rings is 2. The van der Waals surface area contributed by atoms with Gasteiger partial charge in [0, 0.05) is 11.3 Å². The van der Waals surface area contributed by atoms with E-state index in [0.29, 0.717) is 16.3 Å². The van der Waals surface area contributed by atoms with Crippen LogP contribution in [-0.2, 0) is 0 Å². The molecule has 2 aromatic carbocycles. The molecule has 7 heteroatoms. The first-order chi connectivity index (χ1) is 10.5. The Morgan fingerprint density at radius 1 is 1.23 bits per heavy atom. The van der Waals surface area contributed by atoms with Gasteiger partial charge in [-0.3, -0.25) is 0 Å². The van der Waals surface area contributed by atoms with Crippen LogP contribution in [0.4, 0.5) is 22.0 Å². The molecule has 112 valence electrons. The molecule has 0 aliphatic rings. The number of aryl methyl sites for hydroxylation is 1. The molecule has 0 saturated heterocycles. The van der Waals surface area contributed by atoms with Gasteiger partial charge in [-0.15, -0.1) is 5.10 Å². The van der Waals surface area contributed by atoms with Crippen LogP contribution in [0.2, 0.25) is 5.02 Å². The third-order valence-corrected chi connectivity index (χ3v) is 3.44. The smallest absolute Gasteiger partial charge is 0.248 e. The lowest BCUT2D eigenvalue weighted by Crippen LogP contribution is -1.96. The first-order valence-electron chi connectivity index (χ1n) is 6.54. The zero-order valence-corrected chi connectivity index (χ0v) is 12.4. The molecule has 0 bridgehead atoms. The molecule has 22 heavy (non-hydrogen) atoms. The summed E-state index contributed by atoms with van der Waals surface area (Å²) >= 11 is 6.23. The quantitative estimate of drug-likeness (QED) is 0.684. The van der Waals surface area contributed by atoms with E-state index in [1.54, 1.807) is 6.07 Å². The van der Waals surface area contributed by atoms with Gasteiger partial charge in [-0.25, -0.2) is 9.49 Å². The maximum atomic E-state index is 14.4. The lowest BCUT2D eigenvalue weighted by Gasteiger charge is -2.10. The molecule has 3 rings (SSSR count). The Hall–Kier alpha value is -2.60. The number of aromatic nitrogens is 3. The molecule has 3 aromatic rings. The third-order valence-electron chi connectivity index (χ3n) is 3.14. The van der Waals surface area contributed by atoms with Crippen molar-refractivity contribution in [3.63, 3.8) is 0 Å². The van der Waals surface area contributed by atoms with E-state index < -0.39 is 5.82 Å². The summed E-state index contributed by atoms with van der Waals surface area (Å²) in [5, 5.41) is 9.45. The fourth-order valence-electron chi connectivity index (χ4n) is 2.10. The molecule has 0 aliphatic carbocycles. The summed E-state index contributed by atoms with van der Waals surface area (Å²) in [6, 6.07) is 10.5. The highest BCUT2D eigenvalue weighted by Crippen LogP contribution is 2.34. The number of nitrogen functional groups attached to an aromatic ring is 1. The third kappa shape index (κ3) is 2.87. The van der Waals surface area contributed by atoms with E-state index in [1.807, 2.05) is 31.2 Å². The van der Waals surface area contributed by atoms with E-state index in [1.165, 1.54) is 6.07 Å². The number of nitrogens with one attached hydrogen (secondary N) is 2. The van der Waals surface area contributed by atoms with Gasteiger partial charge >= 0.3 is 0 Å². The fraction of sp³-hybridized carbons (Fsp3) is 0.0667. The van der Waals surface area contributed by atoms with Crippen LogP contribution in [0, 0.1) is 12.7 Å². The zero-order chi connectivity index (χ0) is 15.7. The molecule has 0 fully saturated rings. The molecule has 0 atom stereocenters. The van der Waals surface area contributed by atoms with Crippen molar-refractivity contribution >= 4 is 29.2 Å². The summed E-state index contributed by atoms with van der Waals surface area (Å²) in [5.74, 6) is -0.0104. The van der Waals surface area contributed by atoms with Gasteiger partial charge in [-0.1, -0.05) is 41.4 Å². The highest BCUT2D eigenvalue weighted by molar-refractivity contribution is 6.33. The van der Waals surface area contributed by atoms with Gasteiger partial charge in [0.25, 0.3) is 0 Å². The Bertz CT molecular complexity index is 790. The van der Waals surface area contributed by atoms with Crippen molar-refractivity contribution in [2.24, 2.45) is 0 Å². The molecule has 4 N–H and O–H groups in total. The Labute approximate surface area is 131 Å². The standard InChI is InChI=1S/C15H13ClFN5/c1-8-2-4-9(5-3-8)13-11(16)6-10(7-12(13)17)19-15-20-14(18)21-22-15/h2-7H,1H3,(H4,18,19,20,21,22). The summed E-state index contributed by atoms with van der Waals surface area (Å²) in [4.78, 5) is 3.89. The number of aromatic amines is 1. The Morgan fingerprint density at radius 2 is 1.95 bits per heavy atom. The number of nitrogens with zero attached hydrogens (tertiary/aromatic N) is 2. The Kier molecular flexibility index (Phi) is 3.68. The van der Waals surface area contributed by atoms with E-state index in [9.17, 15) is 4.39 Å². The normalized spacial score (nSPS) is 10.7. The molecule has 5 nitrogen and oxygen atoms in total. The minimum absolute atomic E-state index is 0.172. The number of hydrogen-bond acceptors (Lipinski definition) is 4. The van der Waals surface area contributed by atoms with E-state index in [0.717, 1.165) is 11.1 Å². The molecule has 0 unspecified atom stereocenters. The molecular formula is C15H13ClFN5. The summed E-state index contributed by atoms with van der Waals surface area (Å²) in [7, 11) is 0. The first kappa shape index (κ1) is 14.3. The van der Waals surface area contributed by atoms with Gasteiger partial charge in [-0.2, -0.15) is 4.98 Å². The van der Waals surface area contributed by atoms with Crippen LogP contribution in [0.1, 0.15) is 5.56 Å². The van der Waals surface area contributed by atoms with Crippen molar-refractivity contribution < 1.29 is 4.39 Å². The van der Waals surface area contributed by atoms with Crippen LogP contribution in [0.25, 0.3) is 11.1 Å². The van der Waals surface area contributed by atoms with Crippen LogP contribution in [0.3, 0.4) is 0 Å². The van der Waals surface area contributed by atoms with Crippen molar-refractivity contribution in [1.82, 2.24) is 15.2 Å².